The molecule has 0 saturated heterocycles. The van der Waals surface area contributed by atoms with Crippen molar-refractivity contribution in [1.29, 1.82) is 0 Å². The standard InChI is InChI=1S/C62H68F4N6S8Si/c1-7-13-17-19-23-43-39(63)25-49(73-43)59-41(65)27-45(75-59)37-31-67-55(57-53(37)69-79-71-57)47-29-51-61(77-47)62-52(81(51,33-35(11-5)21-15-9-3)34-36(12-6)22-16-10-4)30-48(78-62)56-58-54(70-80-72-58)38(32-68-56)46-28-42(66)60(76-46)50-26-40(64)44(74-50)24-20-18-14-8-2/h25-32,35-36H,7-24,33-34H2,1-6H3. The van der Waals surface area contributed by atoms with Crippen LogP contribution in [0.5, 0.6) is 0 Å². The molecule has 0 aromatic carbocycles. The number of unbranched alkanes of at least 4 members (excludes halogenated alkanes) is 8. The second kappa shape index (κ2) is 26.1. The Balaban J connectivity index is 0.983. The smallest absolute Gasteiger partial charge is 0.143 e. The van der Waals surface area contributed by atoms with Crippen molar-refractivity contribution in [3.05, 3.63) is 81.8 Å². The van der Waals surface area contributed by atoms with Crippen LogP contribution >= 0.6 is 91.5 Å². The Hall–Kier alpha value is -3.92. The van der Waals surface area contributed by atoms with Crippen molar-refractivity contribution in [2.75, 3.05) is 0 Å². The number of aromatic nitrogens is 6. The Kier molecular flexibility index (Phi) is 19.0. The summed E-state index contributed by atoms with van der Waals surface area (Å²) < 4.78 is 82.0. The van der Waals surface area contributed by atoms with E-state index in [1.54, 1.807) is 12.1 Å². The Bertz CT molecular complexity index is 3540. The van der Waals surface area contributed by atoms with Gasteiger partial charge in [0.25, 0.3) is 0 Å². The van der Waals surface area contributed by atoms with Crippen LogP contribution in [0, 0.1) is 35.1 Å². The zero-order valence-electron chi connectivity index (χ0n) is 46.9. The monoisotopic (exact) mass is 1260 g/mol. The minimum atomic E-state index is -2.53. The Morgan fingerprint density at radius 2 is 0.802 bits per heavy atom. The molecule has 0 radical (unpaired) electrons. The number of nitrogens with zero attached hydrogens (tertiary/aromatic N) is 6. The molecule has 10 aromatic rings. The summed E-state index contributed by atoms with van der Waals surface area (Å²) in [5, 5.41) is 3.02. The third-order valence-electron chi connectivity index (χ3n) is 16.5. The van der Waals surface area contributed by atoms with Crippen molar-refractivity contribution in [2.45, 2.75) is 169 Å². The molecule has 0 N–H and O–H groups in total. The van der Waals surface area contributed by atoms with Crippen LogP contribution < -0.4 is 10.4 Å². The van der Waals surface area contributed by atoms with Crippen molar-refractivity contribution in [1.82, 2.24) is 27.5 Å². The minimum absolute atomic E-state index is 0.254. The van der Waals surface area contributed by atoms with Gasteiger partial charge in [-0.25, -0.2) is 17.6 Å². The highest BCUT2D eigenvalue weighted by molar-refractivity contribution is 7.32. The highest BCUT2D eigenvalue weighted by Crippen LogP contribution is 2.51. The number of rotatable bonds is 28. The first-order chi connectivity index (χ1) is 39.5. The summed E-state index contributed by atoms with van der Waals surface area (Å²) in [6.07, 6.45) is 22.8. The maximum atomic E-state index is 16.0. The van der Waals surface area contributed by atoms with E-state index in [9.17, 15) is 0 Å². The number of fused-ring (bicyclic) bond motifs is 5. The summed E-state index contributed by atoms with van der Waals surface area (Å²) >= 11 is 11.3. The van der Waals surface area contributed by atoms with Gasteiger partial charge < -0.3 is 0 Å². The summed E-state index contributed by atoms with van der Waals surface area (Å²) in [6.45, 7) is 13.7. The molecule has 2 atom stereocenters. The molecule has 6 nitrogen and oxygen atoms in total. The molecule has 81 heavy (non-hydrogen) atoms. The van der Waals surface area contributed by atoms with E-state index in [0.29, 0.717) is 85.8 Å². The molecule has 0 bridgehead atoms. The molecule has 0 amide bonds. The molecule has 1 aliphatic rings. The van der Waals surface area contributed by atoms with Crippen LogP contribution in [-0.4, -0.2) is 35.5 Å². The lowest BCUT2D eigenvalue weighted by molar-refractivity contribution is 0.469. The Morgan fingerprint density at radius 3 is 1.21 bits per heavy atom. The predicted octanol–water partition coefficient (Wildman–Crippen LogP) is 21.6. The van der Waals surface area contributed by atoms with Crippen molar-refractivity contribution in [3.8, 4) is 71.3 Å². The summed E-state index contributed by atoms with van der Waals surface area (Å²) in [5.41, 5.74) is 5.83. The van der Waals surface area contributed by atoms with Crippen LogP contribution in [0.3, 0.4) is 0 Å². The van der Waals surface area contributed by atoms with E-state index in [4.69, 9.17) is 27.5 Å². The second-order valence-electron chi connectivity index (χ2n) is 22.0. The largest absolute Gasteiger partial charge is 0.252 e. The van der Waals surface area contributed by atoms with Gasteiger partial charge in [0.05, 0.1) is 52.7 Å². The van der Waals surface area contributed by atoms with E-state index in [1.165, 1.54) is 115 Å². The Labute approximate surface area is 506 Å². The van der Waals surface area contributed by atoms with E-state index in [-0.39, 0.29) is 23.3 Å². The SMILES string of the molecule is CCCCCCc1sc(-c2sc(-c3cnc(-c4cc5c(s4)-c4sc(-c6ncc(-c7cc(F)c(-c8cc(F)c(CCCCCC)s8)s7)c7nsnc67)cc4[Si]5(CC(CC)CCCC)CC(CC)CCCC)c4nsnc34)cc2F)cc1F. The molecule has 11 rings (SSSR count). The van der Waals surface area contributed by atoms with Crippen LogP contribution in [0.4, 0.5) is 17.6 Å². The Morgan fingerprint density at radius 1 is 0.407 bits per heavy atom. The molecule has 0 fully saturated rings. The van der Waals surface area contributed by atoms with Crippen LogP contribution in [-0.2, 0) is 12.8 Å². The van der Waals surface area contributed by atoms with Crippen molar-refractivity contribution < 1.29 is 17.6 Å². The van der Waals surface area contributed by atoms with Gasteiger partial charge in [0.15, 0.2) is 0 Å². The molecule has 1 aliphatic heterocycles. The van der Waals surface area contributed by atoms with Gasteiger partial charge in [-0.15, -0.1) is 68.0 Å². The fourth-order valence-corrected chi connectivity index (χ4v) is 28.0. The van der Waals surface area contributed by atoms with Gasteiger partial charge in [-0.3, -0.25) is 9.97 Å². The molecule has 426 valence electrons. The van der Waals surface area contributed by atoms with Crippen molar-refractivity contribution >= 4 is 132 Å². The molecule has 0 aliphatic carbocycles. The number of halogens is 4. The molecular formula is C62H68F4N6S8Si. The van der Waals surface area contributed by atoms with E-state index in [2.05, 4.69) is 53.7 Å². The lowest BCUT2D eigenvalue weighted by Crippen LogP contribution is -2.56. The van der Waals surface area contributed by atoms with Gasteiger partial charge in [-0.2, -0.15) is 17.5 Å². The van der Waals surface area contributed by atoms with Crippen LogP contribution in [0.1, 0.15) is 154 Å². The molecule has 0 spiro atoms. The second-order valence-corrected chi connectivity index (χ2v) is 33.6. The number of aryl methyl sites for hydroxylation is 2. The number of thiophene rings is 6. The van der Waals surface area contributed by atoms with Gasteiger partial charge in [-0.1, -0.05) is 131 Å². The molecular weight excluding hydrogens is 1190 g/mol. The van der Waals surface area contributed by atoms with E-state index < -0.39 is 8.07 Å². The zero-order valence-corrected chi connectivity index (χ0v) is 54.4. The van der Waals surface area contributed by atoms with E-state index in [0.717, 1.165) is 133 Å². The fraction of sp³-hybridized carbons (Fsp3) is 0.452. The lowest BCUT2D eigenvalue weighted by Gasteiger charge is -2.35. The summed E-state index contributed by atoms with van der Waals surface area (Å²) in [5.74, 6) is -0.106. The zero-order chi connectivity index (χ0) is 56.4. The highest BCUT2D eigenvalue weighted by Gasteiger charge is 2.50. The average Bonchev–Trinajstić information content (AvgIpc) is 2.51. The van der Waals surface area contributed by atoms with Crippen molar-refractivity contribution in [2.24, 2.45) is 11.8 Å². The molecule has 19 heteroatoms. The van der Waals surface area contributed by atoms with Crippen LogP contribution in [0.15, 0.2) is 48.8 Å². The van der Waals surface area contributed by atoms with Crippen LogP contribution in [0.2, 0.25) is 12.1 Å². The summed E-state index contributed by atoms with van der Waals surface area (Å²) in [4.78, 5) is 20.0. The first kappa shape index (κ1) is 58.8. The normalized spacial score (nSPS) is 13.8. The first-order valence-electron chi connectivity index (χ1n) is 29.2. The quantitative estimate of drug-likeness (QED) is 0.0276. The molecule has 2 unspecified atom stereocenters. The predicted molar refractivity (Wildman–Crippen MR) is 346 cm³/mol. The molecule has 10 aromatic heterocycles. The summed E-state index contributed by atoms with van der Waals surface area (Å²) in [6, 6.07) is 13.4. The number of pyridine rings is 2. The van der Waals surface area contributed by atoms with E-state index in [1.807, 2.05) is 35.1 Å². The van der Waals surface area contributed by atoms with Crippen LogP contribution in [0.25, 0.3) is 93.4 Å². The van der Waals surface area contributed by atoms with Gasteiger partial charge in [0, 0.05) is 52.8 Å². The van der Waals surface area contributed by atoms with Gasteiger partial charge in [0.2, 0.25) is 0 Å². The van der Waals surface area contributed by atoms with Gasteiger partial charge in [0.1, 0.15) is 64.8 Å². The first-order valence-corrected chi connectivity index (χ1v) is 38.0. The number of hydrogen-bond donors (Lipinski definition) is 0. The third-order valence-corrected chi connectivity index (χ3v) is 30.7. The lowest BCUT2D eigenvalue weighted by atomic mass is 10.0. The number of hydrogen-bond acceptors (Lipinski definition) is 14. The molecule has 0 saturated carbocycles. The highest BCUT2D eigenvalue weighted by atomic mass is 32.1. The fourth-order valence-electron chi connectivity index (χ4n) is 12.0. The topological polar surface area (TPSA) is 77.3 Å². The minimum Gasteiger partial charge on any atom is -0.252 e. The molecule has 11 heterocycles. The third kappa shape index (κ3) is 11.8. The maximum absolute atomic E-state index is 16.0. The maximum Gasteiger partial charge on any atom is 0.143 e. The van der Waals surface area contributed by atoms with E-state index >= 15 is 17.6 Å². The van der Waals surface area contributed by atoms with Crippen molar-refractivity contribution in [3.63, 3.8) is 0 Å². The van der Waals surface area contributed by atoms with Gasteiger partial charge >= 0.3 is 0 Å². The average molecular weight is 1260 g/mol. The summed E-state index contributed by atoms with van der Waals surface area (Å²) in [7, 11) is -2.53. The van der Waals surface area contributed by atoms with Gasteiger partial charge in [-0.05, 0) is 96.4 Å².